The molecule has 0 radical (unpaired) electrons. The molecule has 0 saturated heterocycles. The van der Waals surface area contributed by atoms with E-state index in [0.717, 1.165) is 0 Å². The molecule has 0 unspecified atom stereocenters. The molecule has 0 bridgehead atoms. The zero-order chi connectivity index (χ0) is 18.9. The average molecular weight is 362 g/mol. The summed E-state index contributed by atoms with van der Waals surface area (Å²) in [4.78, 5) is 23.7. The Morgan fingerprint density at radius 3 is 2.50 bits per heavy atom. The van der Waals surface area contributed by atoms with Crippen molar-refractivity contribution in [2.24, 2.45) is 0 Å². The van der Waals surface area contributed by atoms with Crippen LogP contribution in [0.3, 0.4) is 0 Å². The Labute approximate surface area is 151 Å². The van der Waals surface area contributed by atoms with Gasteiger partial charge in [-0.1, -0.05) is 11.2 Å². The van der Waals surface area contributed by atoms with Crippen LogP contribution in [0.5, 0.6) is 11.5 Å². The van der Waals surface area contributed by atoms with Gasteiger partial charge in [0.2, 0.25) is 0 Å². The first-order chi connectivity index (χ1) is 12.5. The number of esters is 1. The summed E-state index contributed by atoms with van der Waals surface area (Å²) in [6.07, 6.45) is 0.0167. The molecule has 2 rings (SSSR count). The molecule has 0 saturated carbocycles. The van der Waals surface area contributed by atoms with Crippen LogP contribution in [0.25, 0.3) is 0 Å². The molecule has 0 atom stereocenters. The number of anilines is 1. The van der Waals surface area contributed by atoms with E-state index in [4.69, 9.17) is 18.7 Å². The second-order valence-electron chi connectivity index (χ2n) is 5.36. The van der Waals surface area contributed by atoms with Crippen molar-refractivity contribution in [1.29, 1.82) is 0 Å². The number of nitrogens with zero attached hydrogens (tertiary/aromatic N) is 1. The van der Waals surface area contributed by atoms with Gasteiger partial charge in [0.25, 0.3) is 5.91 Å². The number of hydrogen-bond donors (Lipinski definition) is 1. The number of benzene rings is 1. The second-order valence-corrected chi connectivity index (χ2v) is 5.36. The predicted octanol–water partition coefficient (Wildman–Crippen LogP) is 2.50. The molecule has 0 aliphatic heterocycles. The summed E-state index contributed by atoms with van der Waals surface area (Å²) < 4.78 is 20.8. The van der Waals surface area contributed by atoms with Crippen molar-refractivity contribution in [1.82, 2.24) is 5.16 Å². The van der Waals surface area contributed by atoms with Gasteiger partial charge in [-0.15, -0.1) is 0 Å². The van der Waals surface area contributed by atoms with E-state index < -0.39 is 18.5 Å². The Morgan fingerprint density at radius 2 is 1.85 bits per heavy atom. The van der Waals surface area contributed by atoms with Crippen LogP contribution >= 0.6 is 0 Å². The van der Waals surface area contributed by atoms with Crippen LogP contribution in [0.4, 0.5) is 5.82 Å². The minimum atomic E-state index is -0.525. The van der Waals surface area contributed by atoms with E-state index in [1.54, 1.807) is 31.2 Å². The smallest absolute Gasteiger partial charge is 0.310 e. The van der Waals surface area contributed by atoms with E-state index >= 15 is 0 Å². The molecule has 1 aromatic heterocycles. The molecular formula is C18H22N2O6. The zero-order valence-corrected chi connectivity index (χ0v) is 15.0. The summed E-state index contributed by atoms with van der Waals surface area (Å²) in [6.45, 7) is 6.05. The minimum absolute atomic E-state index is 0.0167. The molecule has 1 heterocycles. The molecule has 0 fully saturated rings. The number of amides is 1. The van der Waals surface area contributed by atoms with Gasteiger partial charge in [-0.05, 0) is 38.5 Å². The van der Waals surface area contributed by atoms with Gasteiger partial charge in [-0.2, -0.15) is 0 Å². The lowest BCUT2D eigenvalue weighted by atomic mass is 10.1. The maximum absolute atomic E-state index is 11.9. The fraction of sp³-hybridized carbons (Fsp3) is 0.389. The standard InChI is InChI=1S/C18H22N2O6/c1-4-23-14-7-6-13(9-15(14)24-5-2)10-18(22)25-11-17(21)19-16-8-12(3)26-20-16/h6-9H,4-5,10-11H2,1-3H3,(H,19,20,21). The Morgan fingerprint density at radius 1 is 1.12 bits per heavy atom. The van der Waals surface area contributed by atoms with Crippen LogP contribution in [0, 0.1) is 6.92 Å². The van der Waals surface area contributed by atoms with E-state index in [1.807, 2.05) is 13.8 Å². The molecular weight excluding hydrogens is 340 g/mol. The molecule has 26 heavy (non-hydrogen) atoms. The van der Waals surface area contributed by atoms with Gasteiger partial charge >= 0.3 is 5.97 Å². The van der Waals surface area contributed by atoms with E-state index in [-0.39, 0.29) is 12.2 Å². The molecule has 2 aromatic rings. The van der Waals surface area contributed by atoms with Crippen LogP contribution in [0.2, 0.25) is 0 Å². The van der Waals surface area contributed by atoms with Gasteiger partial charge in [-0.25, -0.2) is 0 Å². The number of hydrogen-bond acceptors (Lipinski definition) is 7. The lowest BCUT2D eigenvalue weighted by Crippen LogP contribution is -2.21. The minimum Gasteiger partial charge on any atom is -0.490 e. The first-order valence-electron chi connectivity index (χ1n) is 8.29. The number of carbonyl (C=O) groups excluding carboxylic acids is 2. The first kappa shape index (κ1) is 19.3. The Kier molecular flexibility index (Phi) is 7.02. The molecule has 1 aromatic carbocycles. The summed E-state index contributed by atoms with van der Waals surface area (Å²) in [5.74, 6) is 1.01. The highest BCUT2D eigenvalue weighted by Gasteiger charge is 2.13. The van der Waals surface area contributed by atoms with Crippen LogP contribution in [-0.4, -0.2) is 36.9 Å². The molecule has 8 heteroatoms. The Hall–Kier alpha value is -3.03. The summed E-state index contributed by atoms with van der Waals surface area (Å²) in [6, 6.07) is 6.80. The molecule has 140 valence electrons. The van der Waals surface area contributed by atoms with Gasteiger partial charge in [0.1, 0.15) is 5.76 Å². The lowest BCUT2D eigenvalue weighted by Gasteiger charge is -2.12. The summed E-state index contributed by atoms with van der Waals surface area (Å²) in [5, 5.41) is 6.10. The SMILES string of the molecule is CCOc1ccc(CC(=O)OCC(=O)Nc2cc(C)on2)cc1OCC. The normalized spacial score (nSPS) is 10.3. The highest BCUT2D eigenvalue weighted by atomic mass is 16.5. The summed E-state index contributed by atoms with van der Waals surface area (Å²) in [7, 11) is 0. The Balaban J connectivity index is 1.86. The third-order valence-corrected chi connectivity index (χ3v) is 3.22. The fourth-order valence-electron chi connectivity index (χ4n) is 2.17. The van der Waals surface area contributed by atoms with Crippen LogP contribution in [0.15, 0.2) is 28.8 Å². The van der Waals surface area contributed by atoms with Crippen molar-refractivity contribution in [3.8, 4) is 11.5 Å². The van der Waals surface area contributed by atoms with E-state index in [9.17, 15) is 9.59 Å². The number of aryl methyl sites for hydroxylation is 1. The molecule has 0 spiro atoms. The topological polar surface area (TPSA) is 99.9 Å². The quantitative estimate of drug-likeness (QED) is 0.684. The highest BCUT2D eigenvalue weighted by Crippen LogP contribution is 2.28. The van der Waals surface area contributed by atoms with Crippen molar-refractivity contribution in [2.45, 2.75) is 27.2 Å². The highest BCUT2D eigenvalue weighted by molar-refractivity contribution is 5.92. The molecule has 8 nitrogen and oxygen atoms in total. The van der Waals surface area contributed by atoms with Gasteiger partial charge in [0, 0.05) is 6.07 Å². The summed E-state index contributed by atoms with van der Waals surface area (Å²) >= 11 is 0. The predicted molar refractivity (Wildman–Crippen MR) is 93.3 cm³/mol. The van der Waals surface area contributed by atoms with E-state index in [2.05, 4.69) is 10.5 Å². The van der Waals surface area contributed by atoms with Crippen molar-refractivity contribution in [2.75, 3.05) is 25.1 Å². The number of rotatable bonds is 9. The largest absolute Gasteiger partial charge is 0.490 e. The number of aromatic nitrogens is 1. The van der Waals surface area contributed by atoms with E-state index in [0.29, 0.717) is 36.0 Å². The van der Waals surface area contributed by atoms with Crippen LogP contribution in [0.1, 0.15) is 25.2 Å². The monoisotopic (exact) mass is 362 g/mol. The van der Waals surface area contributed by atoms with E-state index in [1.165, 1.54) is 0 Å². The molecule has 1 N–H and O–H groups in total. The van der Waals surface area contributed by atoms with Crippen LogP contribution < -0.4 is 14.8 Å². The van der Waals surface area contributed by atoms with Crippen molar-refractivity contribution in [3.63, 3.8) is 0 Å². The van der Waals surface area contributed by atoms with Gasteiger partial charge in [0.05, 0.1) is 19.6 Å². The molecule has 0 aliphatic rings. The third-order valence-electron chi connectivity index (χ3n) is 3.22. The van der Waals surface area contributed by atoms with Gasteiger partial charge in [-0.3, -0.25) is 9.59 Å². The average Bonchev–Trinajstić information content (AvgIpc) is 3.00. The van der Waals surface area contributed by atoms with Crippen LogP contribution in [-0.2, 0) is 20.7 Å². The maximum Gasteiger partial charge on any atom is 0.310 e. The van der Waals surface area contributed by atoms with Gasteiger partial charge in [0.15, 0.2) is 23.9 Å². The van der Waals surface area contributed by atoms with Crippen molar-refractivity contribution < 1.29 is 28.3 Å². The number of ether oxygens (including phenoxy) is 3. The first-order valence-corrected chi connectivity index (χ1v) is 8.29. The second kappa shape index (κ2) is 9.45. The molecule has 1 amide bonds. The fourth-order valence-corrected chi connectivity index (χ4v) is 2.17. The zero-order valence-electron chi connectivity index (χ0n) is 15.0. The van der Waals surface area contributed by atoms with Gasteiger partial charge < -0.3 is 24.1 Å². The lowest BCUT2D eigenvalue weighted by molar-refractivity contribution is -0.146. The third kappa shape index (κ3) is 5.80. The summed E-state index contributed by atoms with van der Waals surface area (Å²) in [5.41, 5.74) is 0.703. The number of nitrogens with one attached hydrogen (secondary N) is 1. The van der Waals surface area contributed by atoms with Crippen molar-refractivity contribution in [3.05, 3.63) is 35.6 Å². The maximum atomic E-state index is 11.9. The Bertz CT molecular complexity index is 756. The molecule has 0 aliphatic carbocycles. The van der Waals surface area contributed by atoms with Crippen molar-refractivity contribution >= 4 is 17.7 Å². The number of carbonyl (C=O) groups is 2.